The molecule has 0 saturated carbocycles. The van der Waals surface area contributed by atoms with Crippen molar-refractivity contribution >= 4 is 0 Å². The maximum absolute atomic E-state index is 13.2. The van der Waals surface area contributed by atoms with Gasteiger partial charge in [0.1, 0.15) is 23.1 Å². The Hall–Kier alpha value is -2.07. The van der Waals surface area contributed by atoms with Gasteiger partial charge in [-0.3, -0.25) is 0 Å². The molecule has 3 nitrogen and oxygen atoms in total. The van der Waals surface area contributed by atoms with Gasteiger partial charge in [-0.05, 0) is 49.7 Å². The molecule has 0 aliphatic carbocycles. The molecule has 0 aliphatic rings. The standard InChI is InChI=1S/C16H17FO3/c1-10-9-12(7-8-13(10)17)20-15-6-4-5-14(19-3)16(15)11(2)18/h4-9,11,18H,1-3H3. The molecular weight excluding hydrogens is 259 g/mol. The molecule has 0 aromatic heterocycles. The number of aryl methyl sites for hydroxylation is 1. The molecule has 1 atom stereocenters. The molecule has 0 aliphatic heterocycles. The zero-order valence-electron chi connectivity index (χ0n) is 11.7. The first-order valence-electron chi connectivity index (χ1n) is 6.32. The molecule has 0 saturated heterocycles. The van der Waals surface area contributed by atoms with Gasteiger partial charge in [-0.15, -0.1) is 0 Å². The normalized spacial score (nSPS) is 12.1. The molecule has 0 radical (unpaired) electrons. The van der Waals surface area contributed by atoms with Crippen molar-refractivity contribution in [3.63, 3.8) is 0 Å². The van der Waals surface area contributed by atoms with Crippen molar-refractivity contribution in [3.05, 3.63) is 53.3 Å². The Kier molecular flexibility index (Phi) is 4.25. The molecule has 0 heterocycles. The molecule has 4 heteroatoms. The molecule has 0 amide bonds. The summed E-state index contributed by atoms with van der Waals surface area (Å²) in [4.78, 5) is 0. The van der Waals surface area contributed by atoms with E-state index in [0.29, 0.717) is 28.4 Å². The van der Waals surface area contributed by atoms with Gasteiger partial charge in [0.25, 0.3) is 0 Å². The number of aliphatic hydroxyl groups excluding tert-OH is 1. The van der Waals surface area contributed by atoms with Crippen molar-refractivity contribution in [1.82, 2.24) is 0 Å². The third-order valence-corrected chi connectivity index (χ3v) is 3.02. The van der Waals surface area contributed by atoms with Crippen LogP contribution in [0.5, 0.6) is 17.2 Å². The second kappa shape index (κ2) is 5.92. The van der Waals surface area contributed by atoms with E-state index >= 15 is 0 Å². The number of rotatable bonds is 4. The summed E-state index contributed by atoms with van der Waals surface area (Å²) in [6, 6.07) is 9.78. The van der Waals surface area contributed by atoms with Gasteiger partial charge in [0.2, 0.25) is 0 Å². The van der Waals surface area contributed by atoms with E-state index in [1.807, 2.05) is 0 Å². The summed E-state index contributed by atoms with van der Waals surface area (Å²) < 4.78 is 24.2. The summed E-state index contributed by atoms with van der Waals surface area (Å²) in [5.41, 5.74) is 1.07. The van der Waals surface area contributed by atoms with Crippen LogP contribution in [0.15, 0.2) is 36.4 Å². The van der Waals surface area contributed by atoms with Crippen LogP contribution in [-0.4, -0.2) is 12.2 Å². The summed E-state index contributed by atoms with van der Waals surface area (Å²) in [6.07, 6.45) is -0.734. The molecule has 2 aromatic rings. The first-order chi connectivity index (χ1) is 9.52. The quantitative estimate of drug-likeness (QED) is 0.917. The molecule has 106 valence electrons. The summed E-state index contributed by atoms with van der Waals surface area (Å²) in [6.45, 7) is 3.31. The fourth-order valence-electron chi connectivity index (χ4n) is 2.01. The van der Waals surface area contributed by atoms with E-state index in [1.54, 1.807) is 44.2 Å². The van der Waals surface area contributed by atoms with Crippen LogP contribution in [0.1, 0.15) is 24.2 Å². The van der Waals surface area contributed by atoms with Gasteiger partial charge in [-0.1, -0.05) is 6.07 Å². The van der Waals surface area contributed by atoms with Gasteiger partial charge in [0, 0.05) is 0 Å². The first kappa shape index (κ1) is 14.3. The molecule has 20 heavy (non-hydrogen) atoms. The van der Waals surface area contributed by atoms with Crippen molar-refractivity contribution in [2.45, 2.75) is 20.0 Å². The Morgan fingerprint density at radius 2 is 1.85 bits per heavy atom. The van der Waals surface area contributed by atoms with Crippen LogP contribution in [-0.2, 0) is 0 Å². The minimum atomic E-state index is -0.734. The average Bonchev–Trinajstić information content (AvgIpc) is 2.42. The number of benzene rings is 2. The van der Waals surface area contributed by atoms with Crippen LogP contribution >= 0.6 is 0 Å². The third-order valence-electron chi connectivity index (χ3n) is 3.02. The number of aliphatic hydroxyl groups is 1. The van der Waals surface area contributed by atoms with Gasteiger partial charge < -0.3 is 14.6 Å². The molecule has 0 fully saturated rings. The van der Waals surface area contributed by atoms with Crippen molar-refractivity contribution in [1.29, 1.82) is 0 Å². The van der Waals surface area contributed by atoms with Crippen molar-refractivity contribution in [2.24, 2.45) is 0 Å². The van der Waals surface area contributed by atoms with E-state index in [9.17, 15) is 9.50 Å². The fraction of sp³-hybridized carbons (Fsp3) is 0.250. The zero-order chi connectivity index (χ0) is 14.7. The lowest BCUT2D eigenvalue weighted by atomic mass is 10.1. The Labute approximate surface area is 117 Å². The second-order valence-electron chi connectivity index (χ2n) is 4.56. The van der Waals surface area contributed by atoms with E-state index in [-0.39, 0.29) is 5.82 Å². The Bertz CT molecular complexity index is 609. The fourth-order valence-corrected chi connectivity index (χ4v) is 2.01. The first-order valence-corrected chi connectivity index (χ1v) is 6.32. The zero-order valence-corrected chi connectivity index (χ0v) is 11.7. The summed E-state index contributed by atoms with van der Waals surface area (Å²) in [7, 11) is 1.53. The molecule has 1 N–H and O–H groups in total. The Morgan fingerprint density at radius 3 is 2.45 bits per heavy atom. The lowest BCUT2D eigenvalue weighted by Gasteiger charge is -2.16. The smallest absolute Gasteiger partial charge is 0.136 e. The van der Waals surface area contributed by atoms with Gasteiger partial charge in [-0.25, -0.2) is 4.39 Å². The number of hydrogen-bond acceptors (Lipinski definition) is 3. The maximum atomic E-state index is 13.2. The van der Waals surface area contributed by atoms with E-state index in [4.69, 9.17) is 9.47 Å². The van der Waals surface area contributed by atoms with E-state index in [2.05, 4.69) is 0 Å². The number of halogens is 1. The van der Waals surface area contributed by atoms with E-state index in [1.165, 1.54) is 13.2 Å². The van der Waals surface area contributed by atoms with E-state index in [0.717, 1.165) is 0 Å². The Balaban J connectivity index is 2.40. The summed E-state index contributed by atoms with van der Waals surface area (Å²) in [5, 5.41) is 9.87. The highest BCUT2D eigenvalue weighted by Gasteiger charge is 2.16. The Morgan fingerprint density at radius 1 is 1.15 bits per heavy atom. The maximum Gasteiger partial charge on any atom is 0.136 e. The SMILES string of the molecule is COc1cccc(Oc2ccc(F)c(C)c2)c1C(C)O. The molecular formula is C16H17FO3. The minimum Gasteiger partial charge on any atom is -0.496 e. The highest BCUT2D eigenvalue weighted by atomic mass is 19.1. The highest BCUT2D eigenvalue weighted by Crippen LogP contribution is 2.36. The summed E-state index contributed by atoms with van der Waals surface area (Å²) in [5.74, 6) is 1.28. The summed E-state index contributed by atoms with van der Waals surface area (Å²) >= 11 is 0. The predicted octanol–water partition coefficient (Wildman–Crippen LogP) is 3.99. The molecule has 1 unspecified atom stereocenters. The van der Waals surface area contributed by atoms with Gasteiger partial charge >= 0.3 is 0 Å². The average molecular weight is 276 g/mol. The largest absolute Gasteiger partial charge is 0.496 e. The topological polar surface area (TPSA) is 38.7 Å². The van der Waals surface area contributed by atoms with Crippen molar-refractivity contribution in [2.75, 3.05) is 7.11 Å². The number of hydrogen-bond donors (Lipinski definition) is 1. The van der Waals surface area contributed by atoms with Gasteiger partial charge in [-0.2, -0.15) is 0 Å². The molecule has 2 rings (SSSR count). The van der Waals surface area contributed by atoms with Crippen molar-refractivity contribution in [3.8, 4) is 17.2 Å². The van der Waals surface area contributed by atoms with Gasteiger partial charge in [0.05, 0.1) is 18.8 Å². The molecule has 2 aromatic carbocycles. The molecule has 0 spiro atoms. The van der Waals surface area contributed by atoms with E-state index < -0.39 is 6.10 Å². The minimum absolute atomic E-state index is 0.279. The van der Waals surface area contributed by atoms with Crippen LogP contribution < -0.4 is 9.47 Å². The predicted molar refractivity (Wildman–Crippen MR) is 74.8 cm³/mol. The third kappa shape index (κ3) is 2.91. The number of ether oxygens (including phenoxy) is 2. The van der Waals surface area contributed by atoms with Crippen LogP contribution in [0, 0.1) is 12.7 Å². The lowest BCUT2D eigenvalue weighted by Crippen LogP contribution is -2.00. The van der Waals surface area contributed by atoms with Gasteiger partial charge in [0.15, 0.2) is 0 Å². The van der Waals surface area contributed by atoms with Crippen LogP contribution in [0.3, 0.4) is 0 Å². The number of methoxy groups -OCH3 is 1. The molecule has 0 bridgehead atoms. The second-order valence-corrected chi connectivity index (χ2v) is 4.56. The van der Waals surface area contributed by atoms with Crippen molar-refractivity contribution < 1.29 is 19.0 Å². The van der Waals surface area contributed by atoms with Crippen LogP contribution in [0.4, 0.5) is 4.39 Å². The lowest BCUT2D eigenvalue weighted by molar-refractivity contribution is 0.190. The monoisotopic (exact) mass is 276 g/mol. The van der Waals surface area contributed by atoms with Crippen LogP contribution in [0.2, 0.25) is 0 Å². The van der Waals surface area contributed by atoms with Crippen LogP contribution in [0.25, 0.3) is 0 Å². The highest BCUT2D eigenvalue weighted by molar-refractivity contribution is 5.48.